The van der Waals surface area contributed by atoms with Crippen LogP contribution in [0.2, 0.25) is 13.1 Å². The van der Waals surface area contributed by atoms with E-state index in [0.717, 1.165) is 0 Å². The first kappa shape index (κ1) is 3.71. The van der Waals surface area contributed by atoms with Crippen LogP contribution in [-0.2, 0) is 3.87 Å². The second kappa shape index (κ2) is 0.774. The third-order valence-corrected chi connectivity index (χ3v) is 3.75. The molecular formula is C2H6OSSi. The van der Waals surface area contributed by atoms with Gasteiger partial charge >= 0.3 is 0 Å². The van der Waals surface area contributed by atoms with Crippen LogP contribution in [0.4, 0.5) is 0 Å². The van der Waals surface area contributed by atoms with Crippen LogP contribution >= 0.6 is 11.5 Å². The molecule has 3 heteroatoms. The van der Waals surface area contributed by atoms with Crippen LogP contribution in [0.3, 0.4) is 0 Å². The zero-order chi connectivity index (χ0) is 3.91. The molecule has 0 radical (unpaired) electrons. The average Bonchev–Trinajstić information content (AvgIpc) is 1.76. The fourth-order valence-electron chi connectivity index (χ4n) is 0.0833. The Labute approximate surface area is 36.7 Å². The van der Waals surface area contributed by atoms with Gasteiger partial charge < -0.3 is 3.87 Å². The molecule has 0 aromatic rings. The lowest BCUT2D eigenvalue weighted by atomic mass is 11.9. The van der Waals surface area contributed by atoms with Crippen LogP contribution in [0.15, 0.2) is 0 Å². The van der Waals surface area contributed by atoms with Crippen LogP contribution in [0, 0.1) is 0 Å². The van der Waals surface area contributed by atoms with Crippen molar-refractivity contribution in [3.05, 3.63) is 0 Å². The Balaban J connectivity index is 2.38. The van der Waals surface area contributed by atoms with Crippen molar-refractivity contribution in [1.29, 1.82) is 0 Å². The summed E-state index contributed by atoms with van der Waals surface area (Å²) >= 11 is 1.66. The molecule has 1 heterocycles. The number of hydrogen-bond acceptors (Lipinski definition) is 2. The first-order valence-electron chi connectivity index (χ1n) is 1.57. The van der Waals surface area contributed by atoms with E-state index in [4.69, 9.17) is 3.87 Å². The maximum Gasteiger partial charge on any atom is 0.292 e. The minimum Gasteiger partial charge on any atom is -0.345 e. The lowest BCUT2D eigenvalue weighted by Crippen LogP contribution is -1.94. The maximum atomic E-state index is 4.95. The fourth-order valence-corrected chi connectivity index (χ4v) is 2.25. The Morgan fingerprint density at radius 2 is 1.80 bits per heavy atom. The standard InChI is InChI=1S/C2H6OSSi/c1-5(2)3-4-5/h1-2H3. The molecule has 1 aliphatic heterocycles. The monoisotopic (exact) mass is 106 g/mol. The van der Waals surface area contributed by atoms with Crippen LogP contribution in [-0.4, -0.2) is 7.47 Å². The summed E-state index contributed by atoms with van der Waals surface area (Å²) in [4.78, 5) is 0. The van der Waals surface area contributed by atoms with Crippen molar-refractivity contribution in [2.75, 3.05) is 0 Å². The highest BCUT2D eigenvalue weighted by Gasteiger charge is 2.39. The smallest absolute Gasteiger partial charge is 0.292 e. The quantitative estimate of drug-likeness (QED) is 0.263. The van der Waals surface area contributed by atoms with Gasteiger partial charge in [-0.15, -0.1) is 0 Å². The largest absolute Gasteiger partial charge is 0.345 e. The van der Waals surface area contributed by atoms with Crippen LogP contribution in [0.1, 0.15) is 0 Å². The van der Waals surface area contributed by atoms with Gasteiger partial charge in [0.15, 0.2) is 0 Å². The van der Waals surface area contributed by atoms with Gasteiger partial charge in [0.25, 0.3) is 7.47 Å². The number of rotatable bonds is 0. The van der Waals surface area contributed by atoms with Gasteiger partial charge in [-0.3, -0.25) is 0 Å². The molecule has 1 rings (SSSR count). The predicted octanol–water partition coefficient (Wildman–Crippen LogP) is 1.37. The first-order valence-corrected chi connectivity index (χ1v) is 5.95. The van der Waals surface area contributed by atoms with Crippen LogP contribution in [0.25, 0.3) is 0 Å². The molecule has 0 spiro atoms. The van der Waals surface area contributed by atoms with E-state index in [1.165, 1.54) is 0 Å². The molecular weight excluding hydrogens is 100 g/mol. The van der Waals surface area contributed by atoms with E-state index in [9.17, 15) is 0 Å². The molecule has 0 aliphatic carbocycles. The van der Waals surface area contributed by atoms with E-state index >= 15 is 0 Å². The van der Waals surface area contributed by atoms with E-state index in [2.05, 4.69) is 13.1 Å². The summed E-state index contributed by atoms with van der Waals surface area (Å²) in [6.07, 6.45) is 0. The molecule has 30 valence electrons. The Kier molecular flexibility index (Phi) is 0.574. The molecule has 1 nitrogen and oxygen atoms in total. The minimum atomic E-state index is -0.944. The molecule has 0 bridgehead atoms. The highest BCUT2D eigenvalue weighted by Crippen LogP contribution is 2.40. The molecule has 0 amide bonds. The highest BCUT2D eigenvalue weighted by atomic mass is 32.4. The predicted molar refractivity (Wildman–Crippen MR) is 26.2 cm³/mol. The van der Waals surface area contributed by atoms with Gasteiger partial charge in [0.05, 0.1) is 0 Å². The Morgan fingerprint density at radius 1 is 1.60 bits per heavy atom. The van der Waals surface area contributed by atoms with Crippen molar-refractivity contribution in [1.82, 2.24) is 0 Å². The molecule has 0 aromatic carbocycles. The van der Waals surface area contributed by atoms with Crippen LogP contribution in [0.5, 0.6) is 0 Å². The summed E-state index contributed by atoms with van der Waals surface area (Å²) < 4.78 is 4.95. The summed E-state index contributed by atoms with van der Waals surface area (Å²) in [5, 5.41) is 0. The van der Waals surface area contributed by atoms with E-state index < -0.39 is 7.47 Å². The second-order valence-electron chi connectivity index (χ2n) is 1.57. The highest BCUT2D eigenvalue weighted by molar-refractivity contribution is 8.35. The summed E-state index contributed by atoms with van der Waals surface area (Å²) in [5.74, 6) is 0. The topological polar surface area (TPSA) is 12.5 Å². The lowest BCUT2D eigenvalue weighted by Gasteiger charge is -1.71. The van der Waals surface area contributed by atoms with Crippen molar-refractivity contribution >= 4 is 19.0 Å². The average molecular weight is 106 g/mol. The minimum absolute atomic E-state index is 0.944. The molecule has 0 unspecified atom stereocenters. The van der Waals surface area contributed by atoms with Gasteiger partial charge in [0.2, 0.25) is 0 Å². The third kappa shape index (κ3) is 0.946. The van der Waals surface area contributed by atoms with Gasteiger partial charge in [-0.1, -0.05) is 0 Å². The second-order valence-corrected chi connectivity index (χ2v) is 8.65. The Hall–Kier alpha value is 0.527. The fraction of sp³-hybridized carbons (Fsp3) is 1.00. The summed E-state index contributed by atoms with van der Waals surface area (Å²) in [7, 11) is -0.944. The van der Waals surface area contributed by atoms with Gasteiger partial charge in [0, 0.05) is 0 Å². The third-order valence-electron chi connectivity index (χ3n) is 0.417. The van der Waals surface area contributed by atoms with Crippen molar-refractivity contribution in [3.63, 3.8) is 0 Å². The molecule has 1 fully saturated rings. The zero-order valence-electron chi connectivity index (χ0n) is 3.32. The lowest BCUT2D eigenvalue weighted by molar-refractivity contribution is 0.749. The number of hydrogen-bond donors (Lipinski definition) is 0. The molecule has 5 heavy (non-hydrogen) atoms. The van der Waals surface area contributed by atoms with E-state index in [-0.39, 0.29) is 0 Å². The van der Waals surface area contributed by atoms with Gasteiger partial charge in [-0.2, -0.15) is 0 Å². The van der Waals surface area contributed by atoms with E-state index in [1.807, 2.05) is 0 Å². The van der Waals surface area contributed by atoms with Crippen LogP contribution < -0.4 is 0 Å². The Bertz CT molecular complexity index is 47.6. The Morgan fingerprint density at radius 3 is 1.80 bits per heavy atom. The first-order chi connectivity index (χ1) is 2.21. The molecule has 1 saturated heterocycles. The molecule has 0 saturated carbocycles. The summed E-state index contributed by atoms with van der Waals surface area (Å²) in [6.45, 7) is 4.36. The normalized spacial score (nSPS) is 30.0. The zero-order valence-corrected chi connectivity index (χ0v) is 5.13. The summed E-state index contributed by atoms with van der Waals surface area (Å²) in [6, 6.07) is 0. The molecule has 0 atom stereocenters. The van der Waals surface area contributed by atoms with Gasteiger partial charge in [-0.25, -0.2) is 0 Å². The summed E-state index contributed by atoms with van der Waals surface area (Å²) in [5.41, 5.74) is 0. The van der Waals surface area contributed by atoms with Crippen molar-refractivity contribution in [2.45, 2.75) is 13.1 Å². The van der Waals surface area contributed by atoms with Gasteiger partial charge in [-0.05, 0) is 24.6 Å². The van der Waals surface area contributed by atoms with Crippen molar-refractivity contribution in [2.24, 2.45) is 0 Å². The maximum absolute atomic E-state index is 4.95. The van der Waals surface area contributed by atoms with Crippen molar-refractivity contribution < 1.29 is 3.87 Å². The molecule has 0 N–H and O–H groups in total. The van der Waals surface area contributed by atoms with E-state index in [1.54, 1.807) is 11.5 Å². The van der Waals surface area contributed by atoms with Gasteiger partial charge in [0.1, 0.15) is 0 Å². The van der Waals surface area contributed by atoms with E-state index in [0.29, 0.717) is 0 Å². The van der Waals surface area contributed by atoms with Crippen molar-refractivity contribution in [3.8, 4) is 0 Å². The molecule has 0 aromatic heterocycles. The SMILES string of the molecule is C[Si]1(C)OS1. The molecule has 1 aliphatic rings.